The highest BCUT2D eigenvalue weighted by molar-refractivity contribution is 5.98. The van der Waals surface area contributed by atoms with Gasteiger partial charge in [0, 0.05) is 25.8 Å². The van der Waals surface area contributed by atoms with Crippen LogP contribution in [-0.2, 0) is 59.2 Å². The fourth-order valence-corrected chi connectivity index (χ4v) is 8.31. The second-order valence-corrected chi connectivity index (χ2v) is 19.4. The van der Waals surface area contributed by atoms with Crippen molar-refractivity contribution in [2.45, 2.75) is 172 Å². The standard InChI is InChI=1S/C50H82N12O14/c1-5-29(4)41(48(73)59-36(27-63)46(71)60-40(28(2)3)50(75)76)61-45(70)33(17-10-12-24-52)56-44(69)34(20-21-38(54)64)57-47(72)37-18-13-25-62(37)49(74)35(26-30-14-7-6-8-15-30)58-43(68)32(16-9-11-23-51)55-42(67)31(53)19-22-39(65)66/h6-8,14-15,28-29,31-37,40-41,63H,5,9-13,16-27,51-53H2,1-4H3,(H2,54,64)(H,55,67)(H,56,69)(H,57,72)(H,58,68)(H,59,73)(H,60,71)(H,61,70)(H,65,66)(H,75,76)/t29-,31-,32-,33-,34-,35-,36-,37-,40-,41-/m0/s1. The van der Waals surface area contributed by atoms with E-state index in [0.717, 1.165) is 0 Å². The van der Waals surface area contributed by atoms with Crippen LogP contribution in [0.25, 0.3) is 0 Å². The number of rotatable bonds is 36. The molecule has 0 radical (unpaired) electrons. The zero-order valence-electron chi connectivity index (χ0n) is 44.1. The van der Waals surface area contributed by atoms with Gasteiger partial charge in [0.05, 0.1) is 12.6 Å². The summed E-state index contributed by atoms with van der Waals surface area (Å²) in [7, 11) is 0. The van der Waals surface area contributed by atoms with Gasteiger partial charge in [-0.3, -0.25) is 47.9 Å². The lowest BCUT2D eigenvalue weighted by Gasteiger charge is -2.31. The van der Waals surface area contributed by atoms with Crippen LogP contribution < -0.4 is 60.2 Å². The monoisotopic (exact) mass is 1070 g/mol. The van der Waals surface area contributed by atoms with Gasteiger partial charge in [0.1, 0.15) is 48.3 Å². The molecule has 0 aliphatic carbocycles. The molecule has 0 unspecified atom stereocenters. The van der Waals surface area contributed by atoms with E-state index in [0.29, 0.717) is 50.6 Å². The first-order valence-electron chi connectivity index (χ1n) is 26.0. The zero-order valence-corrected chi connectivity index (χ0v) is 44.1. The molecule has 0 spiro atoms. The van der Waals surface area contributed by atoms with Crippen LogP contribution in [-0.4, -0.2) is 166 Å². The van der Waals surface area contributed by atoms with Gasteiger partial charge in [-0.15, -0.1) is 0 Å². The largest absolute Gasteiger partial charge is 0.481 e. The lowest BCUT2D eigenvalue weighted by atomic mass is 9.96. The molecule has 2 rings (SSSR count). The number of nitrogens with two attached hydrogens (primary N) is 4. The molecule has 1 heterocycles. The van der Waals surface area contributed by atoms with Crippen LogP contribution in [0.1, 0.15) is 117 Å². The lowest BCUT2D eigenvalue weighted by molar-refractivity contribution is -0.144. The van der Waals surface area contributed by atoms with Crippen LogP contribution in [0.5, 0.6) is 0 Å². The van der Waals surface area contributed by atoms with Crippen molar-refractivity contribution in [2.75, 3.05) is 26.2 Å². The predicted molar refractivity (Wildman–Crippen MR) is 276 cm³/mol. The van der Waals surface area contributed by atoms with Gasteiger partial charge in [0.15, 0.2) is 0 Å². The third-order valence-corrected chi connectivity index (χ3v) is 13.1. The lowest BCUT2D eigenvalue weighted by Crippen LogP contribution is -2.61. The number of aliphatic carboxylic acids is 2. The maximum atomic E-state index is 14.6. The van der Waals surface area contributed by atoms with Gasteiger partial charge in [-0.2, -0.15) is 0 Å². The molecule has 76 heavy (non-hydrogen) atoms. The molecule has 426 valence electrons. The SMILES string of the molecule is CC[C@H](C)[C@H](NC(=O)[C@H](CCCCN)NC(=O)[C@H](CCC(N)=O)NC(=O)[C@@H]1CCCN1C(=O)[C@H](Cc1ccccc1)NC(=O)[C@H](CCCCN)NC(=O)[C@@H](N)CCC(=O)O)C(=O)N[C@@H](CO)C(=O)N[C@H](C(=O)O)C(C)C. The molecular formula is C50H82N12O14. The normalized spacial score (nSPS) is 16.8. The molecule has 26 nitrogen and oxygen atoms in total. The first kappa shape index (κ1) is 65.3. The first-order chi connectivity index (χ1) is 36.0. The highest BCUT2D eigenvalue weighted by atomic mass is 16.4. The molecule has 9 amide bonds. The molecule has 1 aromatic carbocycles. The van der Waals surface area contributed by atoms with Gasteiger partial charge in [0.2, 0.25) is 53.2 Å². The molecule has 26 heteroatoms. The van der Waals surface area contributed by atoms with Gasteiger partial charge in [-0.25, -0.2) is 4.79 Å². The van der Waals surface area contributed by atoms with Crippen molar-refractivity contribution in [3.8, 4) is 0 Å². The maximum Gasteiger partial charge on any atom is 0.326 e. The molecule has 1 saturated heterocycles. The van der Waals surface area contributed by atoms with Gasteiger partial charge in [0.25, 0.3) is 0 Å². The van der Waals surface area contributed by atoms with Crippen LogP contribution in [0.15, 0.2) is 30.3 Å². The van der Waals surface area contributed by atoms with Crippen molar-refractivity contribution in [1.82, 2.24) is 42.1 Å². The van der Waals surface area contributed by atoms with E-state index in [-0.39, 0.29) is 58.0 Å². The van der Waals surface area contributed by atoms with Crippen molar-refractivity contribution in [2.24, 2.45) is 34.8 Å². The summed E-state index contributed by atoms with van der Waals surface area (Å²) in [6, 6.07) is -3.38. The molecule has 1 aliphatic rings. The minimum atomic E-state index is -1.60. The fraction of sp³-hybridized carbons (Fsp3) is 0.660. The van der Waals surface area contributed by atoms with Crippen molar-refractivity contribution in [3.63, 3.8) is 0 Å². The molecular weight excluding hydrogens is 993 g/mol. The summed E-state index contributed by atoms with van der Waals surface area (Å²) < 4.78 is 0. The summed E-state index contributed by atoms with van der Waals surface area (Å²) in [5.74, 6) is -11.1. The molecule has 1 aromatic rings. The number of nitrogens with zero attached hydrogens (tertiary/aromatic N) is 1. The average molecular weight is 1080 g/mol. The van der Waals surface area contributed by atoms with Gasteiger partial charge in [-0.05, 0) is 94.7 Å². The van der Waals surface area contributed by atoms with E-state index in [1.807, 2.05) is 0 Å². The summed E-state index contributed by atoms with van der Waals surface area (Å²) in [5.41, 5.74) is 23.5. The Kier molecular flexibility index (Phi) is 29.2. The number of aliphatic hydroxyl groups is 1. The third kappa shape index (κ3) is 22.2. The summed E-state index contributed by atoms with van der Waals surface area (Å²) in [6.07, 6.45) is 1.13. The Hall–Kier alpha value is -6.77. The molecule has 10 atom stereocenters. The Morgan fingerprint density at radius 3 is 1.66 bits per heavy atom. The minimum absolute atomic E-state index is 0.0118. The molecule has 0 bridgehead atoms. The second kappa shape index (κ2) is 34.0. The highest BCUT2D eigenvalue weighted by Gasteiger charge is 2.41. The van der Waals surface area contributed by atoms with Gasteiger partial charge >= 0.3 is 11.9 Å². The summed E-state index contributed by atoms with van der Waals surface area (Å²) in [6.45, 7) is 6.15. The smallest absolute Gasteiger partial charge is 0.326 e. The number of carboxylic acids is 2. The van der Waals surface area contributed by atoms with Crippen LogP contribution >= 0.6 is 0 Å². The summed E-state index contributed by atoms with van der Waals surface area (Å²) >= 11 is 0. The van der Waals surface area contributed by atoms with E-state index in [1.54, 1.807) is 58.0 Å². The van der Waals surface area contributed by atoms with E-state index < -0.39 is 144 Å². The van der Waals surface area contributed by atoms with E-state index in [1.165, 1.54) is 4.90 Å². The number of carbonyl (C=O) groups is 11. The van der Waals surface area contributed by atoms with Crippen LogP contribution in [0.2, 0.25) is 0 Å². The number of hydrogen-bond acceptors (Lipinski definition) is 15. The average Bonchev–Trinajstić information content (AvgIpc) is 3.88. The Labute approximate surface area is 443 Å². The number of carboxylic acid groups (broad SMARTS) is 2. The number of unbranched alkanes of at least 4 members (excludes halogenated alkanes) is 2. The number of nitrogens with one attached hydrogen (secondary N) is 7. The van der Waals surface area contributed by atoms with E-state index in [9.17, 15) is 63.0 Å². The minimum Gasteiger partial charge on any atom is -0.481 e. The van der Waals surface area contributed by atoms with Crippen LogP contribution in [0.4, 0.5) is 0 Å². The second-order valence-electron chi connectivity index (χ2n) is 19.4. The summed E-state index contributed by atoms with van der Waals surface area (Å²) in [4.78, 5) is 147. The number of carbonyl (C=O) groups excluding carboxylic acids is 9. The van der Waals surface area contributed by atoms with E-state index in [2.05, 4.69) is 37.2 Å². The number of primary amides is 1. The molecule has 0 aromatic heterocycles. The molecule has 1 fully saturated rings. The highest BCUT2D eigenvalue weighted by Crippen LogP contribution is 2.21. The third-order valence-electron chi connectivity index (χ3n) is 13.1. The number of amides is 9. The first-order valence-corrected chi connectivity index (χ1v) is 26.0. The Bertz CT molecular complexity index is 2120. The number of likely N-dealkylation sites (tertiary alicyclic amines) is 1. The van der Waals surface area contributed by atoms with Gasteiger partial charge < -0.3 is 80.4 Å². The van der Waals surface area contributed by atoms with Crippen molar-refractivity contribution in [3.05, 3.63) is 35.9 Å². The fourth-order valence-electron chi connectivity index (χ4n) is 8.31. The number of hydrogen-bond donors (Lipinski definition) is 14. The van der Waals surface area contributed by atoms with Crippen LogP contribution in [0, 0.1) is 11.8 Å². The number of aliphatic hydroxyl groups excluding tert-OH is 1. The zero-order chi connectivity index (χ0) is 57.1. The predicted octanol–water partition coefficient (Wildman–Crippen LogP) is -2.89. The van der Waals surface area contributed by atoms with Gasteiger partial charge in [-0.1, -0.05) is 64.4 Å². The van der Waals surface area contributed by atoms with E-state index in [4.69, 9.17) is 28.0 Å². The molecule has 1 aliphatic heterocycles. The number of benzene rings is 1. The quantitative estimate of drug-likeness (QED) is 0.0300. The maximum absolute atomic E-state index is 14.6. The Balaban J connectivity index is 2.43. The van der Waals surface area contributed by atoms with Crippen molar-refractivity contribution < 1.29 is 68.1 Å². The molecule has 0 saturated carbocycles. The Morgan fingerprint density at radius 2 is 1.14 bits per heavy atom. The molecule has 18 N–H and O–H groups in total. The van der Waals surface area contributed by atoms with E-state index >= 15 is 0 Å². The van der Waals surface area contributed by atoms with Crippen LogP contribution in [0.3, 0.4) is 0 Å². The topological polar surface area (TPSA) is 440 Å². The Morgan fingerprint density at radius 1 is 0.632 bits per heavy atom. The van der Waals surface area contributed by atoms with Crippen molar-refractivity contribution in [1.29, 1.82) is 0 Å². The van der Waals surface area contributed by atoms with Crippen molar-refractivity contribution >= 4 is 65.1 Å². The summed E-state index contributed by atoms with van der Waals surface area (Å²) in [5, 5.41) is 46.6.